The van der Waals surface area contributed by atoms with Gasteiger partial charge in [-0.1, -0.05) is 0 Å². The average Bonchev–Trinajstić information content (AvgIpc) is 3.12. The maximum Gasteiger partial charge on any atom is 0.271 e. The maximum atomic E-state index is 13.5. The molecule has 1 aromatic heterocycles. The van der Waals surface area contributed by atoms with Gasteiger partial charge in [-0.25, -0.2) is 4.39 Å². The molecule has 0 saturated carbocycles. The fraction of sp³-hybridized carbons (Fsp3) is 0.500. The molecule has 1 fully saturated rings. The number of halogens is 1. The third-order valence-electron chi connectivity index (χ3n) is 5.20. The summed E-state index contributed by atoms with van der Waals surface area (Å²) in [4.78, 5) is 17.2. The molecule has 1 N–H and O–H groups in total. The Kier molecular flexibility index (Phi) is 5.92. The summed E-state index contributed by atoms with van der Waals surface area (Å²) in [6.45, 7) is 8.84. The summed E-state index contributed by atoms with van der Waals surface area (Å²) in [5.74, 6) is -0.308. The topological polar surface area (TPSA) is 61.5 Å². The van der Waals surface area contributed by atoms with E-state index < -0.39 is 0 Å². The molecule has 2 atom stereocenters. The normalized spacial score (nSPS) is 20.9. The molecule has 2 aromatic rings. The zero-order valence-corrected chi connectivity index (χ0v) is 16.3. The van der Waals surface area contributed by atoms with Crippen molar-refractivity contribution in [3.05, 3.63) is 41.3 Å². The van der Waals surface area contributed by atoms with E-state index >= 15 is 0 Å². The number of piperazine rings is 1. The number of carbonyl (C=O) groups excluding carboxylic acids is 1. The fourth-order valence-electron chi connectivity index (χ4n) is 3.71. The van der Waals surface area contributed by atoms with Crippen LogP contribution in [-0.2, 0) is 4.74 Å². The Morgan fingerprint density at radius 3 is 2.63 bits per heavy atom. The van der Waals surface area contributed by atoms with E-state index in [-0.39, 0.29) is 23.8 Å². The number of nitrogens with zero attached hydrogens (tertiary/aromatic N) is 3. The Morgan fingerprint density at radius 2 is 2.00 bits per heavy atom. The van der Waals surface area contributed by atoms with Crippen LogP contribution in [0.1, 0.15) is 29.9 Å². The molecular formula is C20H27FN4O2. The minimum Gasteiger partial charge on any atom is -0.383 e. The van der Waals surface area contributed by atoms with Gasteiger partial charge in [-0.05, 0) is 50.6 Å². The molecule has 1 aliphatic rings. The van der Waals surface area contributed by atoms with Crippen LogP contribution in [-0.4, -0.2) is 71.3 Å². The first kappa shape index (κ1) is 19.5. The van der Waals surface area contributed by atoms with E-state index in [1.54, 1.807) is 32.2 Å². The van der Waals surface area contributed by atoms with Crippen molar-refractivity contribution in [3.63, 3.8) is 0 Å². The lowest BCUT2D eigenvalue weighted by molar-refractivity contribution is 0.0190. The highest BCUT2D eigenvalue weighted by Crippen LogP contribution is 2.22. The Bertz CT molecular complexity index is 795. The highest BCUT2D eigenvalue weighted by molar-refractivity contribution is 5.93. The monoisotopic (exact) mass is 374 g/mol. The fourth-order valence-corrected chi connectivity index (χ4v) is 3.71. The van der Waals surface area contributed by atoms with Crippen LogP contribution in [0.25, 0.3) is 11.3 Å². The zero-order chi connectivity index (χ0) is 19.6. The van der Waals surface area contributed by atoms with Crippen LogP contribution in [0.2, 0.25) is 0 Å². The number of H-pyrrole nitrogens is 1. The molecule has 0 aliphatic carbocycles. The van der Waals surface area contributed by atoms with Crippen LogP contribution in [0.4, 0.5) is 4.39 Å². The minimum absolute atomic E-state index is 0.0577. The molecule has 146 valence electrons. The zero-order valence-electron chi connectivity index (χ0n) is 16.3. The highest BCUT2D eigenvalue weighted by atomic mass is 19.1. The predicted molar refractivity (Wildman–Crippen MR) is 102 cm³/mol. The standard InChI is InChI=1S/C20H27FN4O2/c1-13-9-16(5-6-17(13)21)18-10-19(23-22-18)20(26)24-11-14(2)25(7-8-27-4)15(3)12-24/h5-6,9-10,14-15H,7-8,11-12H2,1-4H3,(H,22,23). The average molecular weight is 374 g/mol. The van der Waals surface area contributed by atoms with Crippen LogP contribution < -0.4 is 0 Å². The van der Waals surface area contributed by atoms with Crippen LogP contribution >= 0.6 is 0 Å². The molecule has 3 rings (SSSR count). The van der Waals surface area contributed by atoms with E-state index in [1.807, 2.05) is 4.90 Å². The van der Waals surface area contributed by atoms with Gasteiger partial charge < -0.3 is 9.64 Å². The summed E-state index contributed by atoms with van der Waals surface area (Å²) in [6, 6.07) is 7.08. The first-order valence-electron chi connectivity index (χ1n) is 9.26. The number of amides is 1. The summed E-state index contributed by atoms with van der Waals surface area (Å²) in [5.41, 5.74) is 2.44. The van der Waals surface area contributed by atoms with E-state index in [9.17, 15) is 9.18 Å². The van der Waals surface area contributed by atoms with Crippen molar-refractivity contribution in [1.82, 2.24) is 20.0 Å². The number of ether oxygens (including phenoxy) is 1. The van der Waals surface area contributed by atoms with Crippen LogP contribution in [0, 0.1) is 12.7 Å². The third-order valence-corrected chi connectivity index (χ3v) is 5.20. The van der Waals surface area contributed by atoms with E-state index in [0.717, 1.165) is 12.1 Å². The van der Waals surface area contributed by atoms with E-state index in [0.29, 0.717) is 36.6 Å². The smallest absolute Gasteiger partial charge is 0.271 e. The minimum atomic E-state index is -0.250. The van der Waals surface area contributed by atoms with Crippen LogP contribution in [0.5, 0.6) is 0 Å². The summed E-state index contributed by atoms with van der Waals surface area (Å²) in [7, 11) is 1.70. The van der Waals surface area contributed by atoms with Gasteiger partial charge in [0.05, 0.1) is 12.3 Å². The third kappa shape index (κ3) is 4.20. The predicted octanol–water partition coefficient (Wildman–Crippen LogP) is 2.71. The molecule has 1 aromatic carbocycles. The molecule has 2 heterocycles. The lowest BCUT2D eigenvalue weighted by Crippen LogP contribution is -2.58. The van der Waals surface area contributed by atoms with Crippen molar-refractivity contribution < 1.29 is 13.9 Å². The van der Waals surface area contributed by atoms with Crippen LogP contribution in [0.15, 0.2) is 24.3 Å². The van der Waals surface area contributed by atoms with Crippen molar-refractivity contribution in [2.75, 3.05) is 33.4 Å². The van der Waals surface area contributed by atoms with E-state index in [1.165, 1.54) is 6.07 Å². The first-order chi connectivity index (χ1) is 12.9. The number of aryl methyl sites for hydroxylation is 1. The second-order valence-electron chi connectivity index (χ2n) is 7.27. The Balaban J connectivity index is 1.71. The van der Waals surface area contributed by atoms with Gasteiger partial charge in [0.1, 0.15) is 11.5 Å². The molecule has 0 radical (unpaired) electrons. The maximum absolute atomic E-state index is 13.5. The number of nitrogens with one attached hydrogen (secondary N) is 1. The Labute approximate surface area is 159 Å². The summed E-state index contributed by atoms with van der Waals surface area (Å²) in [5, 5.41) is 7.09. The number of hydrogen-bond acceptors (Lipinski definition) is 4. The van der Waals surface area contributed by atoms with Gasteiger partial charge >= 0.3 is 0 Å². The summed E-state index contributed by atoms with van der Waals surface area (Å²) >= 11 is 0. The molecule has 6 nitrogen and oxygen atoms in total. The number of methoxy groups -OCH3 is 1. The van der Waals surface area contributed by atoms with Gasteiger partial charge in [-0.3, -0.25) is 14.8 Å². The second-order valence-corrected chi connectivity index (χ2v) is 7.27. The molecule has 27 heavy (non-hydrogen) atoms. The first-order valence-corrected chi connectivity index (χ1v) is 9.26. The SMILES string of the molecule is COCCN1C(C)CN(C(=O)c2cc(-c3ccc(F)c(C)c3)n[nH]2)CC1C. The van der Waals surface area contributed by atoms with Gasteiger partial charge in [0.25, 0.3) is 5.91 Å². The molecule has 1 amide bonds. The van der Waals surface area contributed by atoms with E-state index in [2.05, 4.69) is 28.9 Å². The lowest BCUT2D eigenvalue weighted by Gasteiger charge is -2.44. The van der Waals surface area contributed by atoms with Gasteiger partial charge in [0.2, 0.25) is 0 Å². The van der Waals surface area contributed by atoms with Crippen molar-refractivity contribution in [3.8, 4) is 11.3 Å². The van der Waals surface area contributed by atoms with Gasteiger partial charge in [0.15, 0.2) is 0 Å². The van der Waals surface area contributed by atoms with Crippen molar-refractivity contribution in [2.24, 2.45) is 0 Å². The molecule has 1 aliphatic heterocycles. The number of rotatable bonds is 5. The van der Waals surface area contributed by atoms with Gasteiger partial charge in [-0.15, -0.1) is 0 Å². The van der Waals surface area contributed by atoms with Gasteiger partial charge in [0, 0.05) is 44.4 Å². The molecule has 7 heteroatoms. The van der Waals surface area contributed by atoms with Crippen molar-refractivity contribution >= 4 is 5.91 Å². The van der Waals surface area contributed by atoms with Crippen LogP contribution in [0.3, 0.4) is 0 Å². The van der Waals surface area contributed by atoms with Crippen molar-refractivity contribution in [2.45, 2.75) is 32.9 Å². The summed E-state index contributed by atoms with van der Waals surface area (Å²) < 4.78 is 18.7. The number of benzene rings is 1. The number of aromatic nitrogens is 2. The largest absolute Gasteiger partial charge is 0.383 e. The van der Waals surface area contributed by atoms with Crippen molar-refractivity contribution in [1.29, 1.82) is 0 Å². The number of aromatic amines is 1. The Hall–Kier alpha value is -2.25. The van der Waals surface area contributed by atoms with Gasteiger partial charge in [-0.2, -0.15) is 5.10 Å². The molecule has 2 unspecified atom stereocenters. The lowest BCUT2D eigenvalue weighted by atomic mass is 10.1. The number of carbonyl (C=O) groups is 1. The summed E-state index contributed by atoms with van der Waals surface area (Å²) in [6.07, 6.45) is 0. The Morgan fingerprint density at radius 1 is 1.30 bits per heavy atom. The second kappa shape index (κ2) is 8.19. The molecule has 1 saturated heterocycles. The molecule has 0 bridgehead atoms. The molecule has 0 spiro atoms. The molecular weight excluding hydrogens is 347 g/mol. The van der Waals surface area contributed by atoms with E-state index in [4.69, 9.17) is 4.74 Å². The quantitative estimate of drug-likeness (QED) is 0.874. The number of hydrogen-bond donors (Lipinski definition) is 1. The highest BCUT2D eigenvalue weighted by Gasteiger charge is 2.32.